The molecule has 0 bridgehead atoms. The Bertz CT molecular complexity index is 410. The van der Waals surface area contributed by atoms with Crippen molar-refractivity contribution in [3.8, 4) is 0 Å². The maximum Gasteiger partial charge on any atom is 0.337 e. The average Bonchev–Trinajstić information content (AvgIpc) is 2.55. The fourth-order valence-corrected chi connectivity index (χ4v) is 1.57. The van der Waals surface area contributed by atoms with E-state index in [9.17, 15) is 4.79 Å². The molecular formula is C11H11NO2. The van der Waals surface area contributed by atoms with E-state index < -0.39 is 0 Å². The topological polar surface area (TPSA) is 38.3 Å². The molecule has 0 unspecified atom stereocenters. The van der Waals surface area contributed by atoms with Crippen LogP contribution in [0.3, 0.4) is 0 Å². The number of fused-ring (bicyclic) bond motifs is 1. The van der Waals surface area contributed by atoms with Crippen LogP contribution in [0.25, 0.3) is 0 Å². The summed E-state index contributed by atoms with van der Waals surface area (Å²) >= 11 is 0. The van der Waals surface area contributed by atoms with Gasteiger partial charge in [0.25, 0.3) is 0 Å². The van der Waals surface area contributed by atoms with Crippen molar-refractivity contribution >= 4 is 11.7 Å². The van der Waals surface area contributed by atoms with Crippen LogP contribution < -0.4 is 5.32 Å². The molecule has 3 nitrogen and oxygen atoms in total. The molecule has 0 saturated carbocycles. The van der Waals surface area contributed by atoms with Crippen LogP contribution in [0.15, 0.2) is 30.5 Å². The molecular weight excluding hydrogens is 178 g/mol. The maximum atomic E-state index is 11.2. The van der Waals surface area contributed by atoms with Gasteiger partial charge >= 0.3 is 5.97 Å². The lowest BCUT2D eigenvalue weighted by molar-refractivity contribution is 0.0600. The monoisotopic (exact) mass is 189 g/mol. The number of hydrogen-bond acceptors (Lipinski definition) is 3. The van der Waals surface area contributed by atoms with Crippen molar-refractivity contribution in [3.63, 3.8) is 0 Å². The van der Waals surface area contributed by atoms with Gasteiger partial charge in [-0.15, -0.1) is 0 Å². The van der Waals surface area contributed by atoms with Crippen molar-refractivity contribution < 1.29 is 9.53 Å². The van der Waals surface area contributed by atoms with Crippen LogP contribution in [0.5, 0.6) is 0 Å². The van der Waals surface area contributed by atoms with Gasteiger partial charge in [0.05, 0.1) is 12.7 Å². The van der Waals surface area contributed by atoms with E-state index in [4.69, 9.17) is 0 Å². The lowest BCUT2D eigenvalue weighted by Gasteiger charge is -2.02. The lowest BCUT2D eigenvalue weighted by Crippen LogP contribution is -2.01. The molecule has 1 heterocycles. The van der Waals surface area contributed by atoms with Crippen LogP contribution in [0.2, 0.25) is 0 Å². The molecule has 1 aromatic rings. The Morgan fingerprint density at radius 3 is 3.07 bits per heavy atom. The van der Waals surface area contributed by atoms with Crippen LogP contribution in [0.4, 0.5) is 5.69 Å². The van der Waals surface area contributed by atoms with Crippen LogP contribution in [0.1, 0.15) is 15.9 Å². The van der Waals surface area contributed by atoms with E-state index in [-0.39, 0.29) is 5.97 Å². The van der Waals surface area contributed by atoms with E-state index in [1.165, 1.54) is 7.11 Å². The molecule has 1 aromatic carbocycles. The molecule has 0 saturated heterocycles. The van der Waals surface area contributed by atoms with Crippen LogP contribution >= 0.6 is 0 Å². The first-order valence-corrected chi connectivity index (χ1v) is 4.37. The number of carbonyl (C=O) groups is 1. The Morgan fingerprint density at radius 2 is 2.36 bits per heavy atom. The van der Waals surface area contributed by atoms with Gasteiger partial charge in [-0.05, 0) is 23.8 Å². The van der Waals surface area contributed by atoms with E-state index in [2.05, 4.69) is 16.6 Å². The van der Waals surface area contributed by atoms with Gasteiger partial charge in [-0.1, -0.05) is 6.58 Å². The number of ether oxygens (including phenoxy) is 1. The molecule has 0 spiro atoms. The fraction of sp³-hybridized carbons (Fsp3) is 0.182. The van der Waals surface area contributed by atoms with Gasteiger partial charge in [-0.25, -0.2) is 4.79 Å². The number of nitrogens with one attached hydrogen (secondary N) is 1. The minimum atomic E-state index is -0.301. The maximum absolute atomic E-state index is 11.2. The van der Waals surface area contributed by atoms with E-state index in [1.54, 1.807) is 6.07 Å². The molecule has 0 radical (unpaired) electrons. The van der Waals surface area contributed by atoms with Gasteiger partial charge in [0.1, 0.15) is 0 Å². The van der Waals surface area contributed by atoms with E-state index in [0.29, 0.717) is 5.56 Å². The van der Waals surface area contributed by atoms with Crippen LogP contribution in [-0.2, 0) is 11.2 Å². The quantitative estimate of drug-likeness (QED) is 0.686. The summed E-state index contributed by atoms with van der Waals surface area (Å²) in [7, 11) is 1.38. The molecule has 1 N–H and O–H groups in total. The SMILES string of the molecule is C=C1Cc2cc(C(=O)OC)ccc2N1. The molecule has 1 aliphatic rings. The molecule has 0 aliphatic carbocycles. The molecule has 3 heteroatoms. The second-order valence-electron chi connectivity index (χ2n) is 3.27. The number of carbonyl (C=O) groups excluding carboxylic acids is 1. The minimum absolute atomic E-state index is 0.301. The van der Waals surface area contributed by atoms with Crippen molar-refractivity contribution in [1.82, 2.24) is 0 Å². The summed E-state index contributed by atoms with van der Waals surface area (Å²) in [6.45, 7) is 3.84. The van der Waals surface area contributed by atoms with Crippen molar-refractivity contribution in [2.24, 2.45) is 0 Å². The minimum Gasteiger partial charge on any atom is -0.465 e. The van der Waals surface area contributed by atoms with Gasteiger partial charge in [-0.2, -0.15) is 0 Å². The summed E-state index contributed by atoms with van der Waals surface area (Å²) in [6, 6.07) is 5.46. The largest absolute Gasteiger partial charge is 0.465 e. The molecule has 72 valence electrons. The summed E-state index contributed by atoms with van der Waals surface area (Å²) < 4.78 is 4.64. The lowest BCUT2D eigenvalue weighted by atomic mass is 10.1. The number of allylic oxidation sites excluding steroid dienone is 1. The zero-order valence-corrected chi connectivity index (χ0v) is 7.96. The van der Waals surface area contributed by atoms with Crippen molar-refractivity contribution in [2.45, 2.75) is 6.42 Å². The first kappa shape index (κ1) is 8.81. The highest BCUT2D eigenvalue weighted by atomic mass is 16.5. The second-order valence-corrected chi connectivity index (χ2v) is 3.27. The van der Waals surface area contributed by atoms with Gasteiger partial charge in [0, 0.05) is 17.8 Å². The second kappa shape index (κ2) is 3.18. The van der Waals surface area contributed by atoms with Gasteiger partial charge < -0.3 is 10.1 Å². The summed E-state index contributed by atoms with van der Waals surface area (Å²) in [5.41, 5.74) is 3.67. The van der Waals surface area contributed by atoms with Gasteiger partial charge in [-0.3, -0.25) is 0 Å². The Kier molecular flexibility index (Phi) is 2.00. The Hall–Kier alpha value is -1.77. The molecule has 0 amide bonds. The first-order valence-electron chi connectivity index (χ1n) is 4.37. The third kappa shape index (κ3) is 1.37. The van der Waals surface area contributed by atoms with Crippen LogP contribution in [0, 0.1) is 0 Å². The Labute approximate surface area is 82.4 Å². The summed E-state index contributed by atoms with van der Waals surface area (Å²) in [5, 5.41) is 3.13. The standard InChI is InChI=1S/C11H11NO2/c1-7-5-9-6-8(11(13)14-2)3-4-10(9)12-7/h3-4,6,12H,1,5H2,2H3. The molecule has 14 heavy (non-hydrogen) atoms. The Balaban J connectivity index is 2.37. The number of esters is 1. The summed E-state index contributed by atoms with van der Waals surface area (Å²) in [5.74, 6) is -0.301. The predicted octanol–water partition coefficient (Wildman–Crippen LogP) is 1.95. The molecule has 0 aromatic heterocycles. The highest BCUT2D eigenvalue weighted by molar-refractivity contribution is 5.90. The number of methoxy groups -OCH3 is 1. The number of benzene rings is 1. The van der Waals surface area contributed by atoms with E-state index in [1.807, 2.05) is 12.1 Å². The average molecular weight is 189 g/mol. The number of anilines is 1. The third-order valence-corrected chi connectivity index (χ3v) is 2.24. The smallest absolute Gasteiger partial charge is 0.337 e. The summed E-state index contributed by atoms with van der Waals surface area (Å²) in [6.07, 6.45) is 0.778. The normalized spacial score (nSPS) is 13.4. The van der Waals surface area contributed by atoms with E-state index >= 15 is 0 Å². The highest BCUT2D eigenvalue weighted by Crippen LogP contribution is 2.27. The van der Waals surface area contributed by atoms with Crippen molar-refractivity contribution in [1.29, 1.82) is 0 Å². The molecule has 2 rings (SSSR count). The number of rotatable bonds is 1. The zero-order valence-electron chi connectivity index (χ0n) is 7.96. The molecule has 1 aliphatic heterocycles. The van der Waals surface area contributed by atoms with Crippen molar-refractivity contribution in [3.05, 3.63) is 41.6 Å². The van der Waals surface area contributed by atoms with Crippen molar-refractivity contribution in [2.75, 3.05) is 12.4 Å². The predicted molar refractivity (Wildman–Crippen MR) is 54.2 cm³/mol. The fourth-order valence-electron chi connectivity index (χ4n) is 1.57. The summed E-state index contributed by atoms with van der Waals surface area (Å²) in [4.78, 5) is 11.2. The van der Waals surface area contributed by atoms with Crippen LogP contribution in [-0.4, -0.2) is 13.1 Å². The Morgan fingerprint density at radius 1 is 1.57 bits per heavy atom. The van der Waals surface area contributed by atoms with Gasteiger partial charge in [0.2, 0.25) is 0 Å². The zero-order chi connectivity index (χ0) is 10.1. The van der Waals surface area contributed by atoms with E-state index in [0.717, 1.165) is 23.4 Å². The van der Waals surface area contributed by atoms with Gasteiger partial charge in [0.15, 0.2) is 0 Å². The highest BCUT2D eigenvalue weighted by Gasteiger charge is 2.15. The molecule has 0 fully saturated rings. The first-order chi connectivity index (χ1) is 6.70. The number of hydrogen-bond donors (Lipinski definition) is 1. The third-order valence-electron chi connectivity index (χ3n) is 2.24. The molecule has 0 atom stereocenters.